The van der Waals surface area contributed by atoms with Crippen LogP contribution in [0.1, 0.15) is 18.3 Å². The number of amides is 1. The Labute approximate surface area is 140 Å². The van der Waals surface area contributed by atoms with E-state index in [1.807, 2.05) is 12.1 Å². The van der Waals surface area contributed by atoms with Gasteiger partial charge in [0.2, 0.25) is 5.91 Å². The van der Waals surface area contributed by atoms with Crippen molar-refractivity contribution in [2.75, 3.05) is 11.9 Å². The van der Waals surface area contributed by atoms with Crippen molar-refractivity contribution in [1.29, 1.82) is 0 Å². The number of carbonyl (C=O) groups is 1. The first kappa shape index (κ1) is 14.9. The zero-order valence-corrected chi connectivity index (χ0v) is 13.7. The fourth-order valence-corrected chi connectivity index (χ4v) is 3.46. The van der Waals surface area contributed by atoms with E-state index in [9.17, 15) is 4.79 Å². The van der Waals surface area contributed by atoms with E-state index in [0.717, 1.165) is 48.7 Å². The standard InChI is InChI=1S/C19H20N4O/c1-14(24)20-16-7-8-18-17(11-16)21-19-13-22(9-10-23(18)19)12-15-5-3-2-4-6-15/h2-8,11H,9-10,12-13H2,1H3,(H,20,24)/p+1. The van der Waals surface area contributed by atoms with E-state index in [4.69, 9.17) is 4.98 Å². The zero-order chi connectivity index (χ0) is 16.5. The van der Waals surface area contributed by atoms with Gasteiger partial charge in [0.15, 0.2) is 5.82 Å². The van der Waals surface area contributed by atoms with Gasteiger partial charge in [-0.2, -0.15) is 0 Å². The van der Waals surface area contributed by atoms with Gasteiger partial charge in [0.05, 0.1) is 24.1 Å². The number of nitrogens with zero attached hydrogens (tertiary/aromatic N) is 2. The first-order valence-electron chi connectivity index (χ1n) is 8.33. The average Bonchev–Trinajstić information content (AvgIpc) is 2.92. The Hall–Kier alpha value is -2.66. The quantitative estimate of drug-likeness (QED) is 0.770. The van der Waals surface area contributed by atoms with Crippen molar-refractivity contribution in [2.24, 2.45) is 0 Å². The fraction of sp³-hybridized carbons (Fsp3) is 0.263. The number of fused-ring (bicyclic) bond motifs is 3. The molecule has 24 heavy (non-hydrogen) atoms. The van der Waals surface area contributed by atoms with Crippen molar-refractivity contribution in [3.63, 3.8) is 0 Å². The highest BCUT2D eigenvalue weighted by atomic mass is 16.1. The first-order chi connectivity index (χ1) is 11.7. The number of nitrogens with one attached hydrogen (secondary N) is 2. The molecule has 0 bridgehead atoms. The molecule has 4 rings (SSSR count). The molecule has 2 aromatic carbocycles. The lowest BCUT2D eigenvalue weighted by molar-refractivity contribution is -0.932. The highest BCUT2D eigenvalue weighted by Crippen LogP contribution is 2.21. The second-order valence-electron chi connectivity index (χ2n) is 6.40. The number of imidazole rings is 1. The van der Waals surface area contributed by atoms with Crippen molar-refractivity contribution in [1.82, 2.24) is 9.55 Å². The van der Waals surface area contributed by atoms with Crippen LogP contribution in [0, 0.1) is 0 Å². The first-order valence-corrected chi connectivity index (χ1v) is 8.33. The highest BCUT2D eigenvalue weighted by Gasteiger charge is 2.23. The second-order valence-corrected chi connectivity index (χ2v) is 6.40. The van der Waals surface area contributed by atoms with Crippen LogP contribution in [0.15, 0.2) is 48.5 Å². The van der Waals surface area contributed by atoms with Gasteiger partial charge < -0.3 is 14.8 Å². The maximum absolute atomic E-state index is 11.2. The molecule has 1 amide bonds. The number of carbonyl (C=O) groups excluding carboxylic acids is 1. The molecule has 2 N–H and O–H groups in total. The van der Waals surface area contributed by atoms with Gasteiger partial charge in [0.1, 0.15) is 13.1 Å². The summed E-state index contributed by atoms with van der Waals surface area (Å²) in [5.41, 5.74) is 4.28. The Kier molecular flexibility index (Phi) is 3.78. The van der Waals surface area contributed by atoms with E-state index >= 15 is 0 Å². The van der Waals surface area contributed by atoms with Crippen LogP contribution in [0.5, 0.6) is 0 Å². The third-order valence-corrected chi connectivity index (χ3v) is 4.54. The number of anilines is 1. The van der Waals surface area contributed by atoms with Gasteiger partial charge in [0.25, 0.3) is 0 Å². The summed E-state index contributed by atoms with van der Waals surface area (Å²) in [6.07, 6.45) is 0. The molecule has 5 nitrogen and oxygen atoms in total. The van der Waals surface area contributed by atoms with Crippen LogP contribution in [0.2, 0.25) is 0 Å². The third kappa shape index (κ3) is 2.90. The molecule has 2 heterocycles. The zero-order valence-electron chi connectivity index (χ0n) is 13.7. The second kappa shape index (κ2) is 6.09. The van der Waals surface area contributed by atoms with Crippen LogP contribution < -0.4 is 10.2 Å². The van der Waals surface area contributed by atoms with E-state index in [1.54, 1.807) is 0 Å². The van der Waals surface area contributed by atoms with Crippen molar-refractivity contribution < 1.29 is 9.69 Å². The molecule has 0 spiro atoms. The number of quaternary nitrogens is 1. The summed E-state index contributed by atoms with van der Waals surface area (Å²) >= 11 is 0. The number of rotatable bonds is 3. The molecular weight excluding hydrogens is 300 g/mol. The molecule has 0 aliphatic carbocycles. The molecule has 122 valence electrons. The lowest BCUT2D eigenvalue weighted by atomic mass is 10.2. The lowest BCUT2D eigenvalue weighted by Crippen LogP contribution is -3.10. The van der Waals surface area contributed by atoms with Gasteiger partial charge in [-0.25, -0.2) is 4.98 Å². The Morgan fingerprint density at radius 3 is 2.88 bits per heavy atom. The van der Waals surface area contributed by atoms with Crippen molar-refractivity contribution in [3.8, 4) is 0 Å². The van der Waals surface area contributed by atoms with E-state index in [1.165, 1.54) is 17.4 Å². The van der Waals surface area contributed by atoms with Crippen LogP contribution in [0.3, 0.4) is 0 Å². The summed E-state index contributed by atoms with van der Waals surface area (Å²) in [4.78, 5) is 17.6. The van der Waals surface area contributed by atoms with E-state index in [2.05, 4.69) is 46.3 Å². The molecule has 1 aliphatic heterocycles. The smallest absolute Gasteiger partial charge is 0.221 e. The van der Waals surface area contributed by atoms with Crippen molar-refractivity contribution in [2.45, 2.75) is 26.6 Å². The normalized spacial score (nSPS) is 16.8. The molecular formula is C19H21N4O+. The molecule has 0 radical (unpaired) electrons. The molecule has 1 atom stereocenters. The van der Waals surface area contributed by atoms with Crippen LogP contribution in [0.4, 0.5) is 5.69 Å². The fourth-order valence-electron chi connectivity index (χ4n) is 3.46. The summed E-state index contributed by atoms with van der Waals surface area (Å²) in [5, 5.41) is 2.83. The van der Waals surface area contributed by atoms with Gasteiger partial charge in [-0.15, -0.1) is 0 Å². The van der Waals surface area contributed by atoms with Gasteiger partial charge >= 0.3 is 0 Å². The van der Waals surface area contributed by atoms with Gasteiger partial charge in [-0.05, 0) is 18.2 Å². The van der Waals surface area contributed by atoms with Gasteiger partial charge in [-0.3, -0.25) is 4.79 Å². The van der Waals surface area contributed by atoms with Crippen LogP contribution >= 0.6 is 0 Å². The van der Waals surface area contributed by atoms with E-state index in [0.29, 0.717) is 0 Å². The topological polar surface area (TPSA) is 51.4 Å². The van der Waals surface area contributed by atoms with Crippen molar-refractivity contribution >= 4 is 22.6 Å². The monoisotopic (exact) mass is 321 g/mol. The molecule has 3 aromatic rings. The van der Waals surface area contributed by atoms with Crippen LogP contribution in [-0.2, 0) is 24.4 Å². The minimum atomic E-state index is -0.0585. The summed E-state index contributed by atoms with van der Waals surface area (Å²) < 4.78 is 2.31. The largest absolute Gasteiger partial charge is 0.326 e. The Morgan fingerprint density at radius 1 is 1.25 bits per heavy atom. The third-order valence-electron chi connectivity index (χ3n) is 4.54. The molecule has 1 aromatic heterocycles. The summed E-state index contributed by atoms with van der Waals surface area (Å²) in [6.45, 7) is 5.56. The maximum atomic E-state index is 11.2. The minimum Gasteiger partial charge on any atom is -0.326 e. The molecule has 0 fully saturated rings. The van der Waals surface area contributed by atoms with Crippen LogP contribution in [0.25, 0.3) is 11.0 Å². The van der Waals surface area contributed by atoms with E-state index < -0.39 is 0 Å². The van der Waals surface area contributed by atoms with Crippen LogP contribution in [-0.4, -0.2) is 22.0 Å². The average molecular weight is 321 g/mol. The predicted molar refractivity (Wildman–Crippen MR) is 93.7 cm³/mol. The molecule has 5 heteroatoms. The molecule has 0 saturated heterocycles. The maximum Gasteiger partial charge on any atom is 0.221 e. The SMILES string of the molecule is CC(=O)Nc1ccc2c(c1)nc1n2CC[NH+](Cc2ccccc2)C1. The van der Waals surface area contributed by atoms with Gasteiger partial charge in [0, 0.05) is 18.2 Å². The molecule has 1 unspecified atom stereocenters. The summed E-state index contributed by atoms with van der Waals surface area (Å²) in [6, 6.07) is 16.6. The number of benzene rings is 2. The summed E-state index contributed by atoms with van der Waals surface area (Å²) in [5.74, 6) is 1.07. The van der Waals surface area contributed by atoms with Gasteiger partial charge in [-0.1, -0.05) is 30.3 Å². The Morgan fingerprint density at radius 2 is 2.08 bits per heavy atom. The lowest BCUT2D eigenvalue weighted by Gasteiger charge is -2.25. The summed E-state index contributed by atoms with van der Waals surface area (Å²) in [7, 11) is 0. The highest BCUT2D eigenvalue weighted by molar-refractivity contribution is 5.91. The number of hydrogen-bond acceptors (Lipinski definition) is 2. The number of aromatic nitrogens is 2. The molecule has 0 saturated carbocycles. The number of hydrogen-bond donors (Lipinski definition) is 2. The van der Waals surface area contributed by atoms with Crippen molar-refractivity contribution in [3.05, 3.63) is 59.9 Å². The Balaban J connectivity index is 1.58. The minimum absolute atomic E-state index is 0.0585. The van der Waals surface area contributed by atoms with E-state index in [-0.39, 0.29) is 5.91 Å². The predicted octanol–water partition coefficient (Wildman–Crippen LogP) is 1.59. The Bertz CT molecular complexity index is 885. The molecule has 1 aliphatic rings.